The van der Waals surface area contributed by atoms with Gasteiger partial charge in [0.05, 0.1) is 30.5 Å². The summed E-state index contributed by atoms with van der Waals surface area (Å²) in [7, 11) is 0. The highest BCUT2D eigenvalue weighted by atomic mass is 16.3. The third kappa shape index (κ3) is 7.50. The molecule has 1 aliphatic rings. The number of allylic oxidation sites excluding steroid dienone is 1. The van der Waals surface area contributed by atoms with Crippen LogP contribution < -0.4 is 14.7 Å². The molecule has 0 saturated heterocycles. The van der Waals surface area contributed by atoms with E-state index in [0.29, 0.717) is 59.1 Å². The van der Waals surface area contributed by atoms with Gasteiger partial charge in [-0.2, -0.15) is 0 Å². The van der Waals surface area contributed by atoms with Crippen LogP contribution in [-0.2, 0) is 33.1 Å². The summed E-state index contributed by atoms with van der Waals surface area (Å²) in [6, 6.07) is 40.7. The molecule has 1 unspecified atom stereocenters. The van der Waals surface area contributed by atoms with E-state index in [4.69, 9.17) is 0 Å². The quantitative estimate of drug-likeness (QED) is 0.0805. The Morgan fingerprint density at radius 1 is 0.768 bits per heavy atom. The predicted octanol–water partition coefficient (Wildman–Crippen LogP) is 7.01. The Kier molecular flexibility index (Phi) is 11.3. The molecule has 0 fully saturated rings. The van der Waals surface area contributed by atoms with Crippen LogP contribution in [0, 0.1) is 5.92 Å². The lowest BCUT2D eigenvalue weighted by molar-refractivity contribution is -0.139. The molecule has 1 aliphatic heterocycles. The fourth-order valence-electron chi connectivity index (χ4n) is 7.23. The number of hydrogen-bond donors (Lipinski definition) is 2. The number of aromatic nitrogens is 3. The number of anilines is 5. The van der Waals surface area contributed by atoms with Crippen LogP contribution in [0.4, 0.5) is 28.4 Å². The van der Waals surface area contributed by atoms with Crippen molar-refractivity contribution in [3.05, 3.63) is 174 Å². The summed E-state index contributed by atoms with van der Waals surface area (Å²) in [5.41, 5.74) is 3.78. The van der Waals surface area contributed by atoms with Crippen molar-refractivity contribution in [2.45, 2.75) is 38.0 Å². The molecule has 0 aliphatic carbocycles. The topological polar surface area (TPSA) is 132 Å². The van der Waals surface area contributed by atoms with Gasteiger partial charge in [-0.25, -0.2) is 0 Å². The first-order chi connectivity index (χ1) is 27.3. The number of fused-ring (bicyclic) bond motifs is 1. The van der Waals surface area contributed by atoms with Gasteiger partial charge in [-0.05, 0) is 72.1 Å². The van der Waals surface area contributed by atoms with Crippen LogP contribution in [0.2, 0.25) is 0 Å². The minimum absolute atomic E-state index is 0.0980. The van der Waals surface area contributed by atoms with Gasteiger partial charge in [-0.1, -0.05) is 103 Å². The summed E-state index contributed by atoms with van der Waals surface area (Å²) < 4.78 is 1.71. The number of nitrogens with zero attached hydrogens (tertiary/aromatic N) is 6. The minimum Gasteiger partial charge on any atom is -0.395 e. The zero-order valence-electron chi connectivity index (χ0n) is 30.9. The summed E-state index contributed by atoms with van der Waals surface area (Å²) in [5, 5.41) is 31.2. The van der Waals surface area contributed by atoms with Crippen LogP contribution in [-0.4, -0.2) is 50.5 Å². The lowest BCUT2D eigenvalue weighted by Crippen LogP contribution is -2.44. The number of aliphatic hydroxyl groups is 2. The number of carbonyl (C=O) groups excluding carboxylic acids is 3. The number of rotatable bonds is 16. The van der Waals surface area contributed by atoms with E-state index in [2.05, 4.69) is 10.3 Å². The van der Waals surface area contributed by atoms with E-state index in [9.17, 15) is 24.6 Å². The Morgan fingerprint density at radius 3 is 2.00 bits per heavy atom. The zero-order valence-corrected chi connectivity index (χ0v) is 30.9. The first-order valence-corrected chi connectivity index (χ1v) is 18.4. The summed E-state index contributed by atoms with van der Waals surface area (Å²) >= 11 is 0. The zero-order chi connectivity index (χ0) is 39.1. The number of para-hydroxylation sites is 2. The van der Waals surface area contributed by atoms with E-state index in [1.54, 1.807) is 34.7 Å². The summed E-state index contributed by atoms with van der Waals surface area (Å²) in [5.74, 6) is -1.46. The Hall–Kier alpha value is -6.69. The molecule has 2 heterocycles. The maximum Gasteiger partial charge on any atom is 0.264 e. The lowest BCUT2D eigenvalue weighted by Gasteiger charge is -2.28. The van der Waals surface area contributed by atoms with Gasteiger partial charge in [0.25, 0.3) is 5.91 Å². The second-order valence-electron chi connectivity index (χ2n) is 13.7. The average molecular weight is 747 g/mol. The first kappa shape index (κ1) is 37.6. The first-order valence-electron chi connectivity index (χ1n) is 18.4. The van der Waals surface area contributed by atoms with Crippen molar-refractivity contribution < 1.29 is 24.6 Å². The van der Waals surface area contributed by atoms with Gasteiger partial charge in [0.2, 0.25) is 12.8 Å². The van der Waals surface area contributed by atoms with Gasteiger partial charge < -0.3 is 15.1 Å². The fourth-order valence-corrected chi connectivity index (χ4v) is 7.23. The summed E-state index contributed by atoms with van der Waals surface area (Å²) in [6.07, 6.45) is 7.56. The van der Waals surface area contributed by atoms with Crippen molar-refractivity contribution in [3.63, 3.8) is 0 Å². The third-order valence-electron chi connectivity index (χ3n) is 10.2. The van der Waals surface area contributed by atoms with Crippen molar-refractivity contribution in [1.82, 2.24) is 15.0 Å². The van der Waals surface area contributed by atoms with Gasteiger partial charge in [0.1, 0.15) is 0 Å². The molecule has 6 aromatic rings. The predicted molar refractivity (Wildman–Crippen MR) is 216 cm³/mol. The van der Waals surface area contributed by atoms with Crippen molar-refractivity contribution in [3.8, 4) is 0 Å². The molecule has 7 rings (SSSR count). The molecule has 0 saturated carbocycles. The highest BCUT2D eigenvalue weighted by molar-refractivity contribution is 6.08. The molecule has 5 aromatic carbocycles. The molecule has 1 aromatic heterocycles. The number of aryl methyl sites for hydroxylation is 1. The number of benzene rings is 5. The standard InChI is InChI=1S/C45H42N6O5/c1-33(14-11-12-25-48-29-42(46-47-48)40(30-52)35-16-5-2-6-17-35)45(56)41-27-39(51(32-54)37-20-9-4-10-21-37)23-24-43(41)49(44(45)55)28-34-15-13-22-38(26-34)50(31-53)36-18-7-3-8-19-36/h2-11,13-24,26-27,29,31-33,40,52,56H,12,25,28,30H2,1H3/b14-11+/t33-,40?,45+/m0/s1. The monoisotopic (exact) mass is 746 g/mol. The average Bonchev–Trinajstić information content (AvgIpc) is 3.79. The molecule has 0 bridgehead atoms. The number of amides is 3. The molecule has 2 N–H and O–H groups in total. The fraction of sp³-hybridized carbons (Fsp3) is 0.178. The van der Waals surface area contributed by atoms with Crippen molar-refractivity contribution in [2.24, 2.45) is 5.92 Å². The van der Waals surface area contributed by atoms with E-state index in [1.807, 2.05) is 134 Å². The van der Waals surface area contributed by atoms with E-state index in [0.717, 1.165) is 17.5 Å². The van der Waals surface area contributed by atoms with Crippen LogP contribution in [0.15, 0.2) is 152 Å². The van der Waals surface area contributed by atoms with Crippen LogP contribution in [0.3, 0.4) is 0 Å². The summed E-state index contributed by atoms with van der Waals surface area (Å²) in [6.45, 7) is 2.32. The molecule has 11 nitrogen and oxygen atoms in total. The smallest absolute Gasteiger partial charge is 0.264 e. The Labute approximate surface area is 325 Å². The second-order valence-corrected chi connectivity index (χ2v) is 13.7. The van der Waals surface area contributed by atoms with Gasteiger partial charge in [0.15, 0.2) is 5.60 Å². The van der Waals surface area contributed by atoms with Gasteiger partial charge in [0, 0.05) is 47.0 Å². The third-order valence-corrected chi connectivity index (χ3v) is 10.2. The van der Waals surface area contributed by atoms with Crippen molar-refractivity contribution in [2.75, 3.05) is 21.3 Å². The maximum atomic E-state index is 14.6. The van der Waals surface area contributed by atoms with E-state index in [1.165, 1.54) is 9.80 Å². The number of hydrogen-bond acceptors (Lipinski definition) is 7. The largest absolute Gasteiger partial charge is 0.395 e. The van der Waals surface area contributed by atoms with Crippen LogP contribution in [0.5, 0.6) is 0 Å². The van der Waals surface area contributed by atoms with Crippen molar-refractivity contribution in [1.29, 1.82) is 0 Å². The second kappa shape index (κ2) is 16.8. The Morgan fingerprint density at radius 2 is 1.38 bits per heavy atom. The van der Waals surface area contributed by atoms with Gasteiger partial charge in [-0.3, -0.25) is 28.9 Å². The summed E-state index contributed by atoms with van der Waals surface area (Å²) in [4.78, 5) is 43.8. The van der Waals surface area contributed by atoms with Crippen LogP contribution >= 0.6 is 0 Å². The Bertz CT molecular complexity index is 2320. The molecule has 282 valence electrons. The maximum absolute atomic E-state index is 14.6. The molecule has 11 heteroatoms. The highest BCUT2D eigenvalue weighted by Gasteiger charge is 2.52. The Balaban J connectivity index is 1.16. The van der Waals surface area contributed by atoms with Crippen LogP contribution in [0.25, 0.3) is 0 Å². The highest BCUT2D eigenvalue weighted by Crippen LogP contribution is 2.48. The molecule has 56 heavy (non-hydrogen) atoms. The van der Waals surface area contributed by atoms with E-state index in [-0.39, 0.29) is 19.1 Å². The molecular formula is C45H42N6O5. The van der Waals surface area contributed by atoms with Crippen molar-refractivity contribution >= 4 is 47.2 Å². The SMILES string of the molecule is C[C@@H](/C=C/CCn1cc(C(CO)c2ccccc2)nn1)[C@]1(O)C(=O)N(Cc2cccc(N(C=O)c3ccccc3)c2)c2ccc(N(C=O)c3ccccc3)cc21. The van der Waals surface area contributed by atoms with Gasteiger partial charge >= 0.3 is 0 Å². The van der Waals surface area contributed by atoms with Gasteiger partial charge in [-0.15, -0.1) is 5.10 Å². The normalized spacial score (nSPS) is 16.1. The molecule has 0 spiro atoms. The lowest BCUT2D eigenvalue weighted by atomic mass is 9.82. The van der Waals surface area contributed by atoms with E-state index < -0.39 is 17.4 Å². The van der Waals surface area contributed by atoms with Crippen LogP contribution in [0.1, 0.15) is 41.6 Å². The number of aliphatic hydroxyl groups excluding tert-OH is 1. The minimum atomic E-state index is -1.96. The molecule has 3 atom stereocenters. The number of carbonyl (C=O) groups is 3. The molecule has 0 radical (unpaired) electrons. The molecular weight excluding hydrogens is 705 g/mol. The van der Waals surface area contributed by atoms with E-state index >= 15 is 0 Å². The molecule has 3 amide bonds.